The number of thiazole rings is 1. The second-order valence-electron chi connectivity index (χ2n) is 15.8. The number of nitrogens with zero attached hydrogens (tertiary/aromatic N) is 2. The molecular weight excluding hydrogens is 605 g/mol. The number of benzene rings is 1. The van der Waals surface area contributed by atoms with Gasteiger partial charge in [0.25, 0.3) is 0 Å². The number of alkyl carbamates (subject to hydrolysis) is 1. The molecule has 1 saturated heterocycles. The molecule has 45 heavy (non-hydrogen) atoms. The van der Waals surface area contributed by atoms with Gasteiger partial charge in [0.15, 0.2) is 8.32 Å². The van der Waals surface area contributed by atoms with E-state index in [4.69, 9.17) is 9.16 Å². The van der Waals surface area contributed by atoms with Gasteiger partial charge < -0.3 is 24.7 Å². The fourth-order valence-electron chi connectivity index (χ4n) is 5.12. The van der Waals surface area contributed by atoms with E-state index in [1.54, 1.807) is 37.0 Å². The third kappa shape index (κ3) is 9.39. The van der Waals surface area contributed by atoms with Gasteiger partial charge in [0.2, 0.25) is 11.8 Å². The number of hydrogen-bond acceptors (Lipinski definition) is 7. The van der Waals surface area contributed by atoms with Gasteiger partial charge in [-0.3, -0.25) is 9.59 Å². The van der Waals surface area contributed by atoms with Crippen LogP contribution in [0.25, 0.3) is 10.4 Å². The number of amides is 3. The summed E-state index contributed by atoms with van der Waals surface area (Å²) in [7, 11) is -2.19. The van der Waals surface area contributed by atoms with Gasteiger partial charge in [-0.05, 0) is 74.9 Å². The van der Waals surface area contributed by atoms with Crippen molar-refractivity contribution in [3.05, 3.63) is 40.5 Å². The Morgan fingerprint density at radius 1 is 1.07 bits per heavy atom. The lowest BCUT2D eigenvalue weighted by Crippen LogP contribution is -2.58. The second kappa shape index (κ2) is 13.5. The monoisotopic (exact) mass is 658 g/mol. The lowest BCUT2D eigenvalue weighted by molar-refractivity contribution is -0.142. The maximum absolute atomic E-state index is 14.2. The maximum atomic E-state index is 14.2. The largest absolute Gasteiger partial charge is 0.444 e. The van der Waals surface area contributed by atoms with Gasteiger partial charge in [0.1, 0.15) is 17.7 Å². The summed E-state index contributed by atoms with van der Waals surface area (Å²) >= 11 is 1.61. The van der Waals surface area contributed by atoms with E-state index in [0.29, 0.717) is 13.0 Å². The van der Waals surface area contributed by atoms with Crippen LogP contribution in [0.3, 0.4) is 0 Å². The molecule has 0 bridgehead atoms. The number of aryl methyl sites for hydroxylation is 2. The van der Waals surface area contributed by atoms with Crippen LogP contribution in [0.15, 0.2) is 23.7 Å². The van der Waals surface area contributed by atoms with E-state index >= 15 is 0 Å². The summed E-state index contributed by atoms with van der Waals surface area (Å²) in [5.74, 6) is -0.563. The Balaban J connectivity index is 1.85. The molecule has 0 unspecified atom stereocenters. The van der Waals surface area contributed by atoms with Gasteiger partial charge in [0.05, 0.1) is 22.2 Å². The highest BCUT2D eigenvalue weighted by molar-refractivity contribution is 7.13. The number of ether oxygens (including phenoxy) is 1. The lowest BCUT2D eigenvalue weighted by atomic mass is 9.85. The standard InChI is InChI=1S/C34H54N4O5SSi/c1-21-16-23(27-22(2)36-20-44-27)14-15-24(21)18-35-29(39)26-17-25(43-45(12,13)34(9,10)11)19-38(26)30(40)28(32(3,4)5)37-31(41)42-33(6,7)8/h14-16,20,25-26,28H,17-19H2,1-13H3,(H,35,39)(H,37,41)/t25-,26+,28-/m1/s1. The summed E-state index contributed by atoms with van der Waals surface area (Å²) in [5.41, 5.74) is 4.65. The van der Waals surface area contributed by atoms with Gasteiger partial charge in [0, 0.05) is 19.5 Å². The molecule has 11 heteroatoms. The normalized spacial score (nSPS) is 18.5. The first-order valence-electron chi connectivity index (χ1n) is 15.8. The molecule has 0 aliphatic carbocycles. The Kier molecular flexibility index (Phi) is 11.0. The van der Waals surface area contributed by atoms with Crippen LogP contribution in [0.4, 0.5) is 4.79 Å². The second-order valence-corrected chi connectivity index (χ2v) is 21.4. The molecule has 3 amide bonds. The topological polar surface area (TPSA) is 110 Å². The molecule has 3 rings (SSSR count). The Morgan fingerprint density at radius 2 is 1.71 bits per heavy atom. The number of likely N-dealkylation sites (tertiary alicyclic amines) is 1. The first-order valence-corrected chi connectivity index (χ1v) is 19.5. The summed E-state index contributed by atoms with van der Waals surface area (Å²) in [6.07, 6.45) is -0.579. The molecule has 2 N–H and O–H groups in total. The van der Waals surface area contributed by atoms with Crippen molar-refractivity contribution in [3.63, 3.8) is 0 Å². The van der Waals surface area contributed by atoms with Crippen LogP contribution in [0.1, 0.15) is 85.6 Å². The molecule has 0 spiro atoms. The molecule has 9 nitrogen and oxygen atoms in total. The Bertz CT molecular complexity index is 1390. The summed E-state index contributed by atoms with van der Waals surface area (Å²) in [6.45, 7) is 26.5. The molecule has 1 aromatic heterocycles. The summed E-state index contributed by atoms with van der Waals surface area (Å²) < 4.78 is 12.2. The van der Waals surface area contributed by atoms with Crippen molar-refractivity contribution < 1.29 is 23.5 Å². The van der Waals surface area contributed by atoms with Crippen molar-refractivity contribution >= 4 is 37.6 Å². The van der Waals surface area contributed by atoms with Crippen LogP contribution >= 0.6 is 11.3 Å². The molecule has 250 valence electrons. The fraction of sp³-hybridized carbons (Fsp3) is 0.647. The smallest absolute Gasteiger partial charge is 0.408 e. The minimum absolute atomic E-state index is 0.0319. The van der Waals surface area contributed by atoms with Crippen LogP contribution in [0.2, 0.25) is 18.1 Å². The number of rotatable bonds is 8. The van der Waals surface area contributed by atoms with E-state index in [2.05, 4.69) is 61.6 Å². The van der Waals surface area contributed by atoms with Crippen molar-refractivity contribution in [1.29, 1.82) is 0 Å². The van der Waals surface area contributed by atoms with Crippen molar-refractivity contribution in [2.75, 3.05) is 6.54 Å². The molecule has 1 aromatic carbocycles. The summed E-state index contributed by atoms with van der Waals surface area (Å²) in [4.78, 5) is 48.0. The Morgan fingerprint density at radius 3 is 2.22 bits per heavy atom. The van der Waals surface area contributed by atoms with Crippen LogP contribution in [-0.2, 0) is 25.3 Å². The first kappa shape index (κ1) is 36.7. The minimum atomic E-state index is -2.19. The predicted octanol–water partition coefficient (Wildman–Crippen LogP) is 6.97. The van der Waals surface area contributed by atoms with Gasteiger partial charge in [-0.1, -0.05) is 59.7 Å². The van der Waals surface area contributed by atoms with Crippen molar-refractivity contribution in [2.45, 2.75) is 131 Å². The average molecular weight is 659 g/mol. The number of aromatic nitrogens is 1. The molecule has 0 saturated carbocycles. The molecule has 3 atom stereocenters. The fourth-order valence-corrected chi connectivity index (χ4v) is 7.28. The highest BCUT2D eigenvalue weighted by Crippen LogP contribution is 2.39. The van der Waals surface area contributed by atoms with Crippen molar-refractivity contribution in [2.24, 2.45) is 5.41 Å². The molecule has 1 fully saturated rings. The predicted molar refractivity (Wildman–Crippen MR) is 184 cm³/mol. The number of carbonyl (C=O) groups excluding carboxylic acids is 3. The molecule has 1 aliphatic heterocycles. The van der Waals surface area contributed by atoms with Gasteiger partial charge >= 0.3 is 6.09 Å². The lowest BCUT2D eigenvalue weighted by Gasteiger charge is -2.38. The number of hydrogen-bond donors (Lipinski definition) is 2. The van der Waals surface area contributed by atoms with Crippen molar-refractivity contribution in [3.8, 4) is 10.4 Å². The maximum Gasteiger partial charge on any atom is 0.408 e. The van der Waals surface area contributed by atoms with E-state index in [0.717, 1.165) is 27.3 Å². The van der Waals surface area contributed by atoms with Crippen LogP contribution in [0, 0.1) is 19.3 Å². The van der Waals surface area contributed by atoms with Gasteiger partial charge in [-0.25, -0.2) is 9.78 Å². The van der Waals surface area contributed by atoms with Gasteiger partial charge in [-0.15, -0.1) is 11.3 Å². The third-order valence-electron chi connectivity index (χ3n) is 8.69. The molecular formula is C34H54N4O5SSi. The first-order chi connectivity index (χ1) is 20.5. The van der Waals surface area contributed by atoms with Gasteiger partial charge in [-0.2, -0.15) is 0 Å². The van der Waals surface area contributed by atoms with E-state index < -0.39 is 37.5 Å². The summed E-state index contributed by atoms with van der Waals surface area (Å²) in [5, 5.41) is 5.87. The zero-order chi connectivity index (χ0) is 34.1. The van der Waals surface area contributed by atoms with Crippen molar-refractivity contribution in [1.82, 2.24) is 20.5 Å². The third-order valence-corrected chi connectivity index (χ3v) is 14.2. The van der Waals surface area contributed by atoms with E-state index in [-0.39, 0.29) is 29.5 Å². The number of nitrogens with one attached hydrogen (secondary N) is 2. The van der Waals surface area contributed by atoms with E-state index in [1.165, 1.54) is 0 Å². The minimum Gasteiger partial charge on any atom is -0.444 e. The highest BCUT2D eigenvalue weighted by Gasteiger charge is 2.48. The Labute approximate surface area is 275 Å². The van der Waals surface area contributed by atoms with E-state index in [1.807, 2.05) is 46.2 Å². The number of carbonyl (C=O) groups is 3. The van der Waals surface area contributed by atoms with Crippen LogP contribution in [-0.4, -0.2) is 66.4 Å². The van der Waals surface area contributed by atoms with E-state index in [9.17, 15) is 14.4 Å². The molecule has 1 aliphatic rings. The highest BCUT2D eigenvalue weighted by atomic mass is 32.1. The molecule has 2 aromatic rings. The summed E-state index contributed by atoms with van der Waals surface area (Å²) in [6, 6.07) is 4.56. The zero-order valence-electron chi connectivity index (χ0n) is 29.5. The molecule has 2 heterocycles. The Hall–Kier alpha value is -2.76. The molecule has 0 radical (unpaired) electrons. The average Bonchev–Trinajstić information content (AvgIpc) is 3.49. The zero-order valence-corrected chi connectivity index (χ0v) is 31.3. The van der Waals surface area contributed by atoms with Crippen LogP contribution in [0.5, 0.6) is 0 Å². The van der Waals surface area contributed by atoms with Crippen LogP contribution < -0.4 is 10.6 Å². The quantitative estimate of drug-likeness (QED) is 0.297. The SMILES string of the molecule is Cc1cc(-c2scnc2C)ccc1CNC(=O)[C@@H]1C[C@@H](O[Si](C)(C)C(C)(C)C)CN1C(=O)[C@@H](NC(=O)OC(C)(C)C)C(C)(C)C.